The molecule has 5 nitrogen and oxygen atoms in total. The van der Waals surface area contributed by atoms with Crippen LogP contribution in [0.15, 0.2) is 29.3 Å². The maximum atomic E-state index is 13.7. The van der Waals surface area contributed by atoms with Crippen LogP contribution in [0.1, 0.15) is 5.69 Å². The molecule has 0 spiro atoms. The van der Waals surface area contributed by atoms with Crippen molar-refractivity contribution in [2.45, 2.75) is 11.8 Å². The Bertz CT molecular complexity index is 692. The average Bonchev–Trinajstić information content (AvgIpc) is 2.60. The largest absolute Gasteiger partial charge is 0.241 e. The van der Waals surface area contributed by atoms with Crippen molar-refractivity contribution in [2.75, 3.05) is 0 Å². The number of nitrogens with zero attached hydrogens (tertiary/aromatic N) is 2. The smallest absolute Gasteiger partial charge is 0.232 e. The molecule has 0 atom stereocenters. The van der Waals surface area contributed by atoms with Gasteiger partial charge in [0, 0.05) is 0 Å². The van der Waals surface area contributed by atoms with Gasteiger partial charge in [0.25, 0.3) is 0 Å². The summed E-state index contributed by atoms with van der Waals surface area (Å²) in [4.78, 5) is -0.165. The quantitative estimate of drug-likeness (QED) is 0.912. The summed E-state index contributed by atoms with van der Waals surface area (Å²) in [6.45, 7) is 1.47. The normalized spacial score (nSPS) is 11.8. The molecule has 96 valence electrons. The first-order valence-electron chi connectivity index (χ1n) is 4.84. The molecule has 0 bridgehead atoms. The standard InChI is InChI=1S/C10H9ClFN3O2S/c1-6-9(18(13,16)17)5-14-15(6)10-7(11)3-2-4-8(10)12/h2-5H,1H3,(H2,13,16,17). The highest BCUT2D eigenvalue weighted by molar-refractivity contribution is 7.89. The highest BCUT2D eigenvalue weighted by Crippen LogP contribution is 2.26. The summed E-state index contributed by atoms with van der Waals surface area (Å²) in [6, 6.07) is 4.14. The van der Waals surface area contributed by atoms with Gasteiger partial charge >= 0.3 is 0 Å². The van der Waals surface area contributed by atoms with Crippen molar-refractivity contribution in [1.82, 2.24) is 9.78 Å². The van der Waals surface area contributed by atoms with E-state index in [-0.39, 0.29) is 21.3 Å². The Hall–Kier alpha value is -1.44. The van der Waals surface area contributed by atoms with Crippen molar-refractivity contribution >= 4 is 21.6 Å². The number of hydrogen-bond acceptors (Lipinski definition) is 3. The second-order valence-electron chi connectivity index (χ2n) is 3.62. The minimum Gasteiger partial charge on any atom is -0.232 e. The molecule has 0 amide bonds. The molecule has 2 rings (SSSR count). The van der Waals surface area contributed by atoms with E-state index in [4.69, 9.17) is 16.7 Å². The second-order valence-corrected chi connectivity index (χ2v) is 5.56. The van der Waals surface area contributed by atoms with Gasteiger partial charge in [-0.25, -0.2) is 22.6 Å². The third-order valence-electron chi connectivity index (χ3n) is 2.42. The SMILES string of the molecule is Cc1c(S(N)(=O)=O)cnn1-c1c(F)cccc1Cl. The van der Waals surface area contributed by atoms with Crippen molar-refractivity contribution in [3.05, 3.63) is 40.9 Å². The van der Waals surface area contributed by atoms with E-state index >= 15 is 0 Å². The average molecular weight is 290 g/mol. The van der Waals surface area contributed by atoms with Crippen LogP contribution in [0.5, 0.6) is 0 Å². The molecule has 0 saturated carbocycles. The van der Waals surface area contributed by atoms with Crippen LogP contribution in [0.4, 0.5) is 4.39 Å². The van der Waals surface area contributed by atoms with Crippen molar-refractivity contribution in [3.63, 3.8) is 0 Å². The lowest BCUT2D eigenvalue weighted by Crippen LogP contribution is -2.13. The lowest BCUT2D eigenvalue weighted by atomic mass is 10.3. The first kappa shape index (κ1) is 13.0. The molecule has 0 radical (unpaired) electrons. The molecule has 2 aromatic rings. The van der Waals surface area contributed by atoms with E-state index < -0.39 is 15.8 Å². The predicted octanol–water partition coefficient (Wildman–Crippen LogP) is 1.62. The molecular weight excluding hydrogens is 281 g/mol. The summed E-state index contributed by atoms with van der Waals surface area (Å²) < 4.78 is 37.3. The molecule has 1 aromatic carbocycles. The van der Waals surface area contributed by atoms with Gasteiger partial charge in [-0.3, -0.25) is 0 Å². The van der Waals surface area contributed by atoms with E-state index in [1.54, 1.807) is 0 Å². The Kier molecular flexibility index (Phi) is 3.14. The number of nitrogens with two attached hydrogens (primary N) is 1. The number of para-hydroxylation sites is 1. The van der Waals surface area contributed by atoms with Crippen LogP contribution in [-0.2, 0) is 10.0 Å². The fourth-order valence-corrected chi connectivity index (χ4v) is 2.53. The van der Waals surface area contributed by atoms with Crippen LogP contribution in [0.3, 0.4) is 0 Å². The molecule has 0 fully saturated rings. The van der Waals surface area contributed by atoms with Gasteiger partial charge in [-0.1, -0.05) is 17.7 Å². The summed E-state index contributed by atoms with van der Waals surface area (Å²) in [6.07, 6.45) is 1.06. The van der Waals surface area contributed by atoms with Gasteiger partial charge in [-0.05, 0) is 19.1 Å². The molecule has 0 aliphatic heterocycles. The minimum atomic E-state index is -3.90. The molecule has 18 heavy (non-hydrogen) atoms. The van der Waals surface area contributed by atoms with Gasteiger partial charge in [-0.2, -0.15) is 5.10 Å². The van der Waals surface area contributed by atoms with Gasteiger partial charge in [0.2, 0.25) is 10.0 Å². The van der Waals surface area contributed by atoms with E-state index in [0.29, 0.717) is 0 Å². The molecule has 1 aromatic heterocycles. The van der Waals surface area contributed by atoms with E-state index in [0.717, 1.165) is 10.9 Å². The number of rotatable bonds is 2. The second kappa shape index (κ2) is 4.34. The first-order valence-corrected chi connectivity index (χ1v) is 6.76. The Morgan fingerprint density at radius 1 is 1.44 bits per heavy atom. The van der Waals surface area contributed by atoms with Crippen molar-refractivity contribution < 1.29 is 12.8 Å². The predicted molar refractivity (Wildman–Crippen MR) is 64.6 cm³/mol. The van der Waals surface area contributed by atoms with Crippen LogP contribution in [0, 0.1) is 12.7 Å². The molecule has 0 aliphatic rings. The molecule has 0 aliphatic carbocycles. The molecule has 8 heteroatoms. The summed E-state index contributed by atoms with van der Waals surface area (Å²) >= 11 is 5.88. The number of sulfonamides is 1. The lowest BCUT2D eigenvalue weighted by molar-refractivity contribution is 0.595. The van der Waals surface area contributed by atoms with Gasteiger partial charge in [0.05, 0.1) is 16.9 Å². The zero-order valence-electron chi connectivity index (χ0n) is 9.26. The topological polar surface area (TPSA) is 78.0 Å². The summed E-state index contributed by atoms with van der Waals surface area (Å²) in [5.41, 5.74) is 0.191. The molecule has 0 unspecified atom stereocenters. The van der Waals surface area contributed by atoms with E-state index in [9.17, 15) is 12.8 Å². The Balaban J connectivity index is 2.71. The summed E-state index contributed by atoms with van der Waals surface area (Å²) in [7, 11) is -3.90. The zero-order valence-corrected chi connectivity index (χ0v) is 10.8. The number of aromatic nitrogens is 2. The van der Waals surface area contributed by atoms with Gasteiger partial charge in [0.15, 0.2) is 0 Å². The van der Waals surface area contributed by atoms with Gasteiger partial charge < -0.3 is 0 Å². The Labute approximate surface area is 108 Å². The molecule has 1 heterocycles. The third-order valence-corrected chi connectivity index (χ3v) is 3.74. The zero-order chi connectivity index (χ0) is 13.5. The van der Waals surface area contributed by atoms with Crippen LogP contribution >= 0.6 is 11.6 Å². The van der Waals surface area contributed by atoms with Crippen LogP contribution in [-0.4, -0.2) is 18.2 Å². The van der Waals surface area contributed by atoms with Crippen LogP contribution < -0.4 is 5.14 Å². The maximum absolute atomic E-state index is 13.7. The Morgan fingerprint density at radius 3 is 2.61 bits per heavy atom. The monoisotopic (exact) mass is 289 g/mol. The van der Waals surface area contributed by atoms with Gasteiger partial charge in [0.1, 0.15) is 16.4 Å². The number of halogens is 2. The maximum Gasteiger partial charge on any atom is 0.241 e. The van der Waals surface area contributed by atoms with Crippen LogP contribution in [0.25, 0.3) is 5.69 Å². The lowest BCUT2D eigenvalue weighted by Gasteiger charge is -2.08. The fraction of sp³-hybridized carbons (Fsp3) is 0.100. The molecular formula is C10H9ClFN3O2S. The molecule has 2 N–H and O–H groups in total. The third kappa shape index (κ3) is 2.12. The number of benzene rings is 1. The molecule has 0 saturated heterocycles. The highest BCUT2D eigenvalue weighted by Gasteiger charge is 2.20. The van der Waals surface area contributed by atoms with Crippen molar-refractivity contribution in [1.29, 1.82) is 0 Å². The van der Waals surface area contributed by atoms with Gasteiger partial charge in [-0.15, -0.1) is 0 Å². The summed E-state index contributed by atoms with van der Waals surface area (Å²) in [5.74, 6) is -0.602. The minimum absolute atomic E-state index is 0.00781. The van der Waals surface area contributed by atoms with E-state index in [1.807, 2.05) is 0 Å². The number of primary sulfonamides is 1. The first-order chi connectivity index (χ1) is 8.32. The summed E-state index contributed by atoms with van der Waals surface area (Å²) in [5, 5.41) is 8.95. The fourth-order valence-electron chi connectivity index (χ4n) is 1.59. The van der Waals surface area contributed by atoms with E-state index in [1.165, 1.54) is 25.1 Å². The van der Waals surface area contributed by atoms with Crippen LogP contribution in [0.2, 0.25) is 5.02 Å². The van der Waals surface area contributed by atoms with Crippen molar-refractivity contribution in [3.8, 4) is 5.69 Å². The van der Waals surface area contributed by atoms with Crippen molar-refractivity contribution in [2.24, 2.45) is 5.14 Å². The Morgan fingerprint density at radius 2 is 2.11 bits per heavy atom. The van der Waals surface area contributed by atoms with E-state index in [2.05, 4.69) is 5.10 Å². The number of hydrogen-bond donors (Lipinski definition) is 1. The highest BCUT2D eigenvalue weighted by atomic mass is 35.5.